The summed E-state index contributed by atoms with van der Waals surface area (Å²) in [6.45, 7) is 5.41. The van der Waals surface area contributed by atoms with Crippen LogP contribution in [0, 0.1) is 0 Å². The van der Waals surface area contributed by atoms with Gasteiger partial charge >= 0.3 is 5.97 Å². The summed E-state index contributed by atoms with van der Waals surface area (Å²) in [6, 6.07) is 7.16. The molecule has 1 rings (SSSR count). The van der Waals surface area contributed by atoms with E-state index in [0.717, 1.165) is 11.4 Å². The molecule has 0 spiro atoms. The Labute approximate surface area is 125 Å². The third kappa shape index (κ3) is 5.85. The number of carbonyl (C=O) groups excluding carboxylic acids is 2. The lowest BCUT2D eigenvalue weighted by molar-refractivity contribution is -0.155. The van der Waals surface area contributed by atoms with E-state index in [-0.39, 0.29) is 24.7 Å². The van der Waals surface area contributed by atoms with Crippen molar-refractivity contribution >= 4 is 17.6 Å². The maximum absolute atomic E-state index is 12.1. The predicted octanol–water partition coefficient (Wildman–Crippen LogP) is 2.78. The van der Waals surface area contributed by atoms with Crippen LogP contribution in [0.3, 0.4) is 0 Å². The molecular formula is C16H23NO4. The lowest BCUT2D eigenvalue weighted by atomic mass is 10.2. The Balaban J connectivity index is 2.52. The monoisotopic (exact) mass is 293 g/mol. The van der Waals surface area contributed by atoms with Crippen LogP contribution < -0.4 is 9.64 Å². The van der Waals surface area contributed by atoms with E-state index in [9.17, 15) is 9.59 Å². The standard InChI is InChI=1S/C16H23NO4/c1-16(2,3)21-15(19)11-10-14(18)17(4)12-6-8-13(20-5)9-7-12/h6-9H,10-11H2,1-5H3. The molecule has 0 bridgehead atoms. The van der Waals surface area contributed by atoms with Crippen LogP contribution in [0.2, 0.25) is 0 Å². The van der Waals surface area contributed by atoms with Crippen LogP contribution in [-0.4, -0.2) is 31.6 Å². The van der Waals surface area contributed by atoms with Gasteiger partial charge in [0.1, 0.15) is 11.4 Å². The van der Waals surface area contributed by atoms with Crippen LogP contribution in [0.5, 0.6) is 5.75 Å². The first-order valence-electron chi connectivity index (χ1n) is 6.85. The highest BCUT2D eigenvalue weighted by Crippen LogP contribution is 2.19. The minimum absolute atomic E-state index is 0.0800. The van der Waals surface area contributed by atoms with Crippen molar-refractivity contribution in [2.24, 2.45) is 0 Å². The average Bonchev–Trinajstić information content (AvgIpc) is 2.42. The molecule has 0 fully saturated rings. The second-order valence-corrected chi connectivity index (χ2v) is 5.74. The van der Waals surface area contributed by atoms with Gasteiger partial charge in [-0.05, 0) is 45.0 Å². The van der Waals surface area contributed by atoms with Crippen LogP contribution in [0.1, 0.15) is 33.6 Å². The summed E-state index contributed by atoms with van der Waals surface area (Å²) in [5.41, 5.74) is 0.229. The van der Waals surface area contributed by atoms with E-state index in [1.165, 1.54) is 4.90 Å². The fraction of sp³-hybridized carbons (Fsp3) is 0.500. The topological polar surface area (TPSA) is 55.8 Å². The number of benzene rings is 1. The molecule has 0 aliphatic heterocycles. The maximum atomic E-state index is 12.1. The molecule has 0 unspecified atom stereocenters. The van der Waals surface area contributed by atoms with E-state index in [2.05, 4.69) is 0 Å². The number of hydrogen-bond acceptors (Lipinski definition) is 4. The molecule has 0 saturated heterocycles. The van der Waals surface area contributed by atoms with E-state index in [1.807, 2.05) is 0 Å². The Morgan fingerprint density at radius 2 is 1.67 bits per heavy atom. The van der Waals surface area contributed by atoms with Crippen LogP contribution in [0.15, 0.2) is 24.3 Å². The van der Waals surface area contributed by atoms with Crippen LogP contribution in [0.4, 0.5) is 5.69 Å². The summed E-state index contributed by atoms with van der Waals surface area (Å²) in [5.74, 6) is 0.235. The summed E-state index contributed by atoms with van der Waals surface area (Å²) >= 11 is 0. The highest BCUT2D eigenvalue weighted by molar-refractivity contribution is 5.94. The zero-order valence-electron chi connectivity index (χ0n) is 13.3. The fourth-order valence-corrected chi connectivity index (χ4v) is 1.72. The van der Waals surface area contributed by atoms with E-state index in [1.54, 1.807) is 59.2 Å². The fourth-order valence-electron chi connectivity index (χ4n) is 1.72. The highest BCUT2D eigenvalue weighted by atomic mass is 16.6. The van der Waals surface area contributed by atoms with Gasteiger partial charge in [-0.25, -0.2) is 0 Å². The first-order chi connectivity index (χ1) is 9.73. The number of hydrogen-bond donors (Lipinski definition) is 0. The Morgan fingerprint density at radius 1 is 1.10 bits per heavy atom. The molecule has 0 saturated carbocycles. The van der Waals surface area contributed by atoms with Crippen molar-refractivity contribution in [2.45, 2.75) is 39.2 Å². The average molecular weight is 293 g/mol. The van der Waals surface area contributed by atoms with Crippen molar-refractivity contribution in [2.75, 3.05) is 19.1 Å². The summed E-state index contributed by atoms with van der Waals surface area (Å²) in [4.78, 5) is 25.2. The third-order valence-electron chi connectivity index (χ3n) is 2.80. The van der Waals surface area contributed by atoms with E-state index in [4.69, 9.17) is 9.47 Å². The van der Waals surface area contributed by atoms with Gasteiger partial charge in [0.05, 0.1) is 13.5 Å². The van der Waals surface area contributed by atoms with Crippen LogP contribution in [-0.2, 0) is 14.3 Å². The number of ether oxygens (including phenoxy) is 2. The number of anilines is 1. The van der Waals surface area contributed by atoms with Crippen LogP contribution >= 0.6 is 0 Å². The summed E-state index contributed by atoms with van der Waals surface area (Å²) in [6.07, 6.45) is 0.202. The van der Waals surface area contributed by atoms with Crippen molar-refractivity contribution in [1.82, 2.24) is 0 Å². The number of amides is 1. The van der Waals surface area contributed by atoms with Gasteiger partial charge in [-0.3, -0.25) is 9.59 Å². The zero-order valence-corrected chi connectivity index (χ0v) is 13.3. The molecule has 1 aromatic rings. The molecule has 5 heteroatoms. The number of rotatable bonds is 5. The predicted molar refractivity (Wildman–Crippen MR) is 81.5 cm³/mol. The number of methoxy groups -OCH3 is 1. The van der Waals surface area contributed by atoms with Gasteiger partial charge in [0, 0.05) is 19.2 Å². The number of carbonyl (C=O) groups is 2. The molecule has 0 heterocycles. The Kier molecular flexibility index (Phi) is 5.76. The first kappa shape index (κ1) is 17.0. The molecular weight excluding hydrogens is 270 g/mol. The molecule has 0 aliphatic carbocycles. The second kappa shape index (κ2) is 7.11. The summed E-state index contributed by atoms with van der Waals surface area (Å²) < 4.78 is 10.2. The van der Waals surface area contributed by atoms with Crippen molar-refractivity contribution in [1.29, 1.82) is 0 Å². The maximum Gasteiger partial charge on any atom is 0.306 e. The molecule has 21 heavy (non-hydrogen) atoms. The molecule has 0 aliphatic rings. The summed E-state index contributed by atoms with van der Waals surface area (Å²) in [7, 11) is 3.27. The van der Waals surface area contributed by atoms with Gasteiger partial charge in [0.25, 0.3) is 0 Å². The molecule has 0 atom stereocenters. The van der Waals surface area contributed by atoms with Crippen LogP contribution in [0.25, 0.3) is 0 Å². The number of nitrogens with zero attached hydrogens (tertiary/aromatic N) is 1. The Hall–Kier alpha value is -2.04. The lowest BCUT2D eigenvalue weighted by Gasteiger charge is -2.20. The Morgan fingerprint density at radius 3 is 2.14 bits per heavy atom. The van der Waals surface area contributed by atoms with Gasteiger partial charge in [0.15, 0.2) is 0 Å². The highest BCUT2D eigenvalue weighted by Gasteiger charge is 2.18. The van der Waals surface area contributed by atoms with Gasteiger partial charge < -0.3 is 14.4 Å². The van der Waals surface area contributed by atoms with Crippen molar-refractivity contribution in [3.05, 3.63) is 24.3 Å². The smallest absolute Gasteiger partial charge is 0.306 e. The van der Waals surface area contributed by atoms with E-state index < -0.39 is 5.60 Å². The second-order valence-electron chi connectivity index (χ2n) is 5.74. The first-order valence-corrected chi connectivity index (χ1v) is 6.85. The molecule has 0 aromatic heterocycles. The molecule has 1 aromatic carbocycles. The Bertz CT molecular complexity index is 488. The van der Waals surface area contributed by atoms with E-state index >= 15 is 0 Å². The normalized spacial score (nSPS) is 10.9. The van der Waals surface area contributed by atoms with Crippen molar-refractivity contribution < 1.29 is 19.1 Å². The summed E-state index contributed by atoms with van der Waals surface area (Å²) in [5, 5.41) is 0. The molecule has 5 nitrogen and oxygen atoms in total. The largest absolute Gasteiger partial charge is 0.497 e. The molecule has 116 valence electrons. The van der Waals surface area contributed by atoms with Gasteiger partial charge in [-0.15, -0.1) is 0 Å². The quantitative estimate of drug-likeness (QED) is 0.783. The minimum atomic E-state index is -0.526. The SMILES string of the molecule is COc1ccc(N(C)C(=O)CCC(=O)OC(C)(C)C)cc1. The third-order valence-corrected chi connectivity index (χ3v) is 2.80. The zero-order chi connectivity index (χ0) is 16.0. The van der Waals surface area contributed by atoms with E-state index in [0.29, 0.717) is 0 Å². The van der Waals surface area contributed by atoms with Gasteiger partial charge in [-0.2, -0.15) is 0 Å². The number of esters is 1. The minimum Gasteiger partial charge on any atom is -0.497 e. The van der Waals surface area contributed by atoms with Gasteiger partial charge in [-0.1, -0.05) is 0 Å². The van der Waals surface area contributed by atoms with Crippen molar-refractivity contribution in [3.63, 3.8) is 0 Å². The van der Waals surface area contributed by atoms with Crippen molar-refractivity contribution in [3.8, 4) is 5.75 Å². The molecule has 0 N–H and O–H groups in total. The van der Waals surface area contributed by atoms with Gasteiger partial charge in [0.2, 0.25) is 5.91 Å². The molecule has 0 radical (unpaired) electrons. The molecule has 1 amide bonds. The lowest BCUT2D eigenvalue weighted by Crippen LogP contribution is -2.28.